The van der Waals surface area contributed by atoms with E-state index in [2.05, 4.69) is 10.4 Å². The highest BCUT2D eigenvalue weighted by Crippen LogP contribution is 2.31. The van der Waals surface area contributed by atoms with Gasteiger partial charge in [0, 0.05) is 40.3 Å². The third-order valence-electron chi connectivity index (χ3n) is 3.42. The van der Waals surface area contributed by atoms with E-state index in [1.807, 2.05) is 4.90 Å². The van der Waals surface area contributed by atoms with Crippen molar-refractivity contribution in [3.05, 3.63) is 15.8 Å². The van der Waals surface area contributed by atoms with Gasteiger partial charge in [-0.25, -0.2) is 9.48 Å². The van der Waals surface area contributed by atoms with E-state index in [0.717, 1.165) is 0 Å². The quantitative estimate of drug-likeness (QED) is 0.613. The number of nitro groups is 1. The lowest BCUT2D eigenvalue weighted by Crippen LogP contribution is -2.51. The van der Waals surface area contributed by atoms with Crippen molar-refractivity contribution >= 4 is 17.5 Å². The standard InChI is InChI=1S/C11H18N6O3/c1-8-9(17(19)20)10(14(3)13-8)15-4-6-16(7-5-15)11(18)12-2/h4-7H2,1-3H3,(H,12,18). The monoisotopic (exact) mass is 282 g/mol. The Hall–Kier alpha value is -2.32. The Morgan fingerprint density at radius 3 is 2.45 bits per heavy atom. The van der Waals surface area contributed by atoms with Crippen LogP contribution in [-0.4, -0.2) is 58.9 Å². The maximum Gasteiger partial charge on any atom is 0.333 e. The summed E-state index contributed by atoms with van der Waals surface area (Å²) in [6, 6.07) is -0.125. The first kappa shape index (κ1) is 14.1. The molecule has 1 aliphatic heterocycles. The molecule has 0 unspecified atom stereocenters. The number of carbonyl (C=O) groups is 1. The van der Waals surface area contributed by atoms with Crippen molar-refractivity contribution in [1.82, 2.24) is 20.0 Å². The van der Waals surface area contributed by atoms with E-state index in [0.29, 0.717) is 37.7 Å². The SMILES string of the molecule is CNC(=O)N1CCN(c2c([N+](=O)[O-])c(C)nn2C)CC1. The Bertz CT molecular complexity index is 533. The lowest BCUT2D eigenvalue weighted by Gasteiger charge is -2.35. The van der Waals surface area contributed by atoms with E-state index < -0.39 is 4.92 Å². The summed E-state index contributed by atoms with van der Waals surface area (Å²) < 4.78 is 1.53. The van der Waals surface area contributed by atoms with E-state index in [1.54, 1.807) is 25.9 Å². The molecule has 20 heavy (non-hydrogen) atoms. The third kappa shape index (κ3) is 2.38. The second-order valence-corrected chi connectivity index (χ2v) is 4.67. The van der Waals surface area contributed by atoms with E-state index >= 15 is 0 Å². The van der Waals surface area contributed by atoms with Crippen LogP contribution >= 0.6 is 0 Å². The van der Waals surface area contributed by atoms with Gasteiger partial charge in [0.2, 0.25) is 5.82 Å². The van der Waals surface area contributed by atoms with Crippen molar-refractivity contribution in [2.24, 2.45) is 7.05 Å². The number of nitrogens with one attached hydrogen (secondary N) is 1. The second-order valence-electron chi connectivity index (χ2n) is 4.67. The topological polar surface area (TPSA) is 96.5 Å². The lowest BCUT2D eigenvalue weighted by molar-refractivity contribution is -0.384. The number of hydrogen-bond donors (Lipinski definition) is 1. The highest BCUT2D eigenvalue weighted by atomic mass is 16.6. The normalized spacial score (nSPS) is 15.3. The summed E-state index contributed by atoms with van der Waals surface area (Å²) >= 11 is 0. The zero-order valence-electron chi connectivity index (χ0n) is 11.8. The van der Waals surface area contributed by atoms with Gasteiger partial charge in [-0.15, -0.1) is 0 Å². The molecule has 0 aliphatic carbocycles. The zero-order valence-corrected chi connectivity index (χ0v) is 11.8. The second kappa shape index (κ2) is 5.35. The van der Waals surface area contributed by atoms with E-state index in [-0.39, 0.29) is 11.7 Å². The predicted molar refractivity (Wildman–Crippen MR) is 72.8 cm³/mol. The zero-order chi connectivity index (χ0) is 14.9. The smallest absolute Gasteiger partial charge is 0.333 e. The minimum atomic E-state index is -0.400. The minimum Gasteiger partial charge on any atom is -0.348 e. The van der Waals surface area contributed by atoms with Crippen LogP contribution < -0.4 is 10.2 Å². The fourth-order valence-corrected chi connectivity index (χ4v) is 2.48. The fraction of sp³-hybridized carbons (Fsp3) is 0.636. The van der Waals surface area contributed by atoms with E-state index in [9.17, 15) is 14.9 Å². The van der Waals surface area contributed by atoms with Gasteiger partial charge in [-0.2, -0.15) is 5.10 Å². The van der Waals surface area contributed by atoms with Crippen LogP contribution in [0.4, 0.5) is 16.3 Å². The molecule has 1 aromatic heterocycles. The van der Waals surface area contributed by atoms with Gasteiger partial charge < -0.3 is 15.1 Å². The number of hydrogen-bond acceptors (Lipinski definition) is 5. The van der Waals surface area contributed by atoms with Crippen molar-refractivity contribution in [1.29, 1.82) is 0 Å². The van der Waals surface area contributed by atoms with E-state index in [4.69, 9.17) is 0 Å². The molecule has 0 aromatic carbocycles. The van der Waals surface area contributed by atoms with Gasteiger partial charge in [-0.05, 0) is 6.92 Å². The van der Waals surface area contributed by atoms with Gasteiger partial charge in [0.25, 0.3) is 0 Å². The molecular formula is C11H18N6O3. The van der Waals surface area contributed by atoms with Crippen molar-refractivity contribution < 1.29 is 9.72 Å². The average molecular weight is 282 g/mol. The molecule has 1 aliphatic rings. The first-order valence-corrected chi connectivity index (χ1v) is 6.35. The molecule has 1 fully saturated rings. The number of amides is 2. The Kier molecular flexibility index (Phi) is 3.77. The first-order chi connectivity index (χ1) is 9.45. The number of nitrogens with zero attached hydrogens (tertiary/aromatic N) is 5. The molecule has 2 rings (SSSR count). The summed E-state index contributed by atoms with van der Waals surface area (Å²) in [4.78, 5) is 25.9. The molecule has 1 aromatic rings. The molecule has 0 bridgehead atoms. The van der Waals surface area contributed by atoms with E-state index in [1.165, 1.54) is 4.68 Å². The first-order valence-electron chi connectivity index (χ1n) is 6.35. The van der Waals surface area contributed by atoms with Gasteiger partial charge in [0.1, 0.15) is 5.69 Å². The van der Waals surface area contributed by atoms with Crippen LogP contribution in [0.1, 0.15) is 5.69 Å². The van der Waals surface area contributed by atoms with Crippen LogP contribution in [0.5, 0.6) is 0 Å². The minimum absolute atomic E-state index is 0.0425. The number of anilines is 1. The number of piperazine rings is 1. The highest BCUT2D eigenvalue weighted by molar-refractivity contribution is 5.74. The fourth-order valence-electron chi connectivity index (χ4n) is 2.48. The lowest BCUT2D eigenvalue weighted by atomic mass is 10.3. The number of aryl methyl sites for hydroxylation is 2. The summed E-state index contributed by atoms with van der Waals surface area (Å²) in [5.74, 6) is 0.504. The van der Waals surface area contributed by atoms with Crippen LogP contribution in [0.2, 0.25) is 0 Å². The largest absolute Gasteiger partial charge is 0.348 e. The average Bonchev–Trinajstić information content (AvgIpc) is 2.72. The maximum absolute atomic E-state index is 11.5. The number of urea groups is 1. The van der Waals surface area contributed by atoms with Gasteiger partial charge in [-0.3, -0.25) is 10.1 Å². The summed E-state index contributed by atoms with van der Waals surface area (Å²) in [6.07, 6.45) is 0. The highest BCUT2D eigenvalue weighted by Gasteiger charge is 2.31. The summed E-state index contributed by atoms with van der Waals surface area (Å²) in [5.41, 5.74) is 0.446. The maximum atomic E-state index is 11.5. The number of rotatable bonds is 2. The van der Waals surface area contributed by atoms with Gasteiger partial charge >= 0.3 is 11.7 Å². The number of aromatic nitrogens is 2. The Balaban J connectivity index is 2.19. The Morgan fingerprint density at radius 1 is 1.35 bits per heavy atom. The van der Waals surface area contributed by atoms with Crippen molar-refractivity contribution in [3.63, 3.8) is 0 Å². The van der Waals surface area contributed by atoms with Crippen LogP contribution in [-0.2, 0) is 7.05 Å². The van der Waals surface area contributed by atoms with Gasteiger partial charge in [0.05, 0.1) is 4.92 Å². The van der Waals surface area contributed by atoms with Crippen molar-refractivity contribution in [2.45, 2.75) is 6.92 Å². The van der Waals surface area contributed by atoms with Crippen LogP contribution in [0.3, 0.4) is 0 Å². The third-order valence-corrected chi connectivity index (χ3v) is 3.42. The van der Waals surface area contributed by atoms with Gasteiger partial charge in [0.15, 0.2) is 0 Å². The molecule has 0 spiro atoms. The predicted octanol–water partition coefficient (Wildman–Crippen LogP) is 0.0981. The molecule has 2 heterocycles. The molecule has 110 valence electrons. The Morgan fingerprint density at radius 2 is 1.95 bits per heavy atom. The molecule has 0 atom stereocenters. The summed E-state index contributed by atoms with van der Waals surface area (Å²) in [6.45, 7) is 3.78. The molecule has 1 saturated heterocycles. The molecule has 1 N–H and O–H groups in total. The molecule has 9 nitrogen and oxygen atoms in total. The van der Waals surface area contributed by atoms with Crippen LogP contribution in [0, 0.1) is 17.0 Å². The molecular weight excluding hydrogens is 264 g/mol. The molecule has 0 radical (unpaired) electrons. The van der Waals surface area contributed by atoms with Crippen molar-refractivity contribution in [2.75, 3.05) is 38.1 Å². The summed E-state index contributed by atoms with van der Waals surface area (Å²) in [5, 5.41) is 17.9. The van der Waals surface area contributed by atoms with Crippen LogP contribution in [0.25, 0.3) is 0 Å². The van der Waals surface area contributed by atoms with Crippen molar-refractivity contribution in [3.8, 4) is 0 Å². The molecule has 9 heteroatoms. The van der Waals surface area contributed by atoms with Crippen LogP contribution in [0.15, 0.2) is 0 Å². The Labute approximate surface area is 116 Å². The number of carbonyl (C=O) groups excluding carboxylic acids is 1. The summed E-state index contributed by atoms with van der Waals surface area (Å²) in [7, 11) is 3.28. The van der Waals surface area contributed by atoms with Gasteiger partial charge in [-0.1, -0.05) is 0 Å². The molecule has 0 saturated carbocycles. The molecule has 2 amide bonds.